The van der Waals surface area contributed by atoms with Crippen LogP contribution < -0.4 is 16.6 Å². The highest BCUT2D eigenvalue weighted by molar-refractivity contribution is 8.01. The molecule has 25 heteroatoms. The molecule has 2 aromatic carbocycles. The van der Waals surface area contributed by atoms with Crippen molar-refractivity contribution >= 4 is 80.4 Å². The number of likely N-dealkylation sites (N-methyl/N-ethyl adjacent to an activating group) is 1. The van der Waals surface area contributed by atoms with Crippen LogP contribution >= 0.6 is 34.9 Å². The average Bonchev–Trinajstić information content (AvgIpc) is 4.07. The van der Waals surface area contributed by atoms with Crippen molar-refractivity contribution in [1.82, 2.24) is 54.6 Å². The fraction of sp³-hybridized carbons (Fsp3) is 0.275. The van der Waals surface area contributed by atoms with E-state index in [2.05, 4.69) is 84.0 Å². The topological polar surface area (TPSA) is 302 Å². The number of nitrogens with two attached hydrogens (primary N) is 1. The van der Waals surface area contributed by atoms with Gasteiger partial charge in [-0.1, -0.05) is 41.2 Å². The Balaban J connectivity index is 0.000000199. The second kappa shape index (κ2) is 21.5. The number of fused-ring (bicyclic) bond motifs is 2. The maximum absolute atomic E-state index is 12.9. The van der Waals surface area contributed by atoms with Crippen molar-refractivity contribution in [1.29, 1.82) is 0 Å². The molecule has 0 radical (unpaired) electrons. The Morgan fingerprint density at radius 1 is 1.11 bits per heavy atom. The predicted octanol–water partition coefficient (Wildman–Crippen LogP) is 2.10. The van der Waals surface area contributed by atoms with Crippen LogP contribution in [0.5, 0.6) is 5.88 Å². The second-order valence-corrected chi connectivity index (χ2v) is 17.2. The number of nitrogens with zero attached hydrogens (tertiary/aromatic N) is 10. The van der Waals surface area contributed by atoms with Crippen LogP contribution in [0.1, 0.15) is 27.2 Å². The van der Waals surface area contributed by atoms with Gasteiger partial charge < -0.3 is 41.1 Å². The van der Waals surface area contributed by atoms with Gasteiger partial charge in [0.15, 0.2) is 16.0 Å². The normalized spacial score (nSPS) is 15.6. The molecule has 340 valence electrons. The molecule has 1 fully saturated rings. The Labute approximate surface area is 382 Å². The second-order valence-electron chi connectivity index (χ2n) is 14.3. The third-order valence-corrected chi connectivity index (χ3v) is 12.6. The van der Waals surface area contributed by atoms with Crippen molar-refractivity contribution in [2.75, 3.05) is 45.0 Å². The number of rotatable bonds is 14. The largest absolute Gasteiger partial charge is 0.488 e. The molecule has 0 bridgehead atoms. The van der Waals surface area contributed by atoms with Crippen LogP contribution in [-0.4, -0.2) is 145 Å². The third-order valence-electron chi connectivity index (χ3n) is 9.48. The molecule has 2 atom stereocenters. The van der Waals surface area contributed by atoms with Crippen molar-refractivity contribution in [3.63, 3.8) is 0 Å². The molecule has 0 aliphatic carbocycles. The number of thioether (sulfide) groups is 2. The molecule has 6 heterocycles. The molecule has 2 amide bonds. The smallest absolute Gasteiger partial charge is 0.352 e. The zero-order valence-corrected chi connectivity index (χ0v) is 37.6. The highest BCUT2D eigenvalue weighted by Crippen LogP contribution is 2.41. The van der Waals surface area contributed by atoms with Gasteiger partial charge in [0.25, 0.3) is 17.7 Å². The summed E-state index contributed by atoms with van der Waals surface area (Å²) in [7, 11) is 6.93. The number of oxime groups is 1. The van der Waals surface area contributed by atoms with Crippen molar-refractivity contribution < 1.29 is 39.3 Å². The van der Waals surface area contributed by atoms with Crippen LogP contribution in [0.25, 0.3) is 10.9 Å². The van der Waals surface area contributed by atoms with E-state index < -0.39 is 46.6 Å². The van der Waals surface area contributed by atoms with Crippen LogP contribution in [0.3, 0.4) is 0 Å². The van der Waals surface area contributed by atoms with Crippen molar-refractivity contribution in [2.45, 2.75) is 29.5 Å². The van der Waals surface area contributed by atoms with Crippen LogP contribution in [0.15, 0.2) is 99.1 Å². The number of β-lactam (4-membered cyclic amide) rings is 1. The summed E-state index contributed by atoms with van der Waals surface area (Å²) in [4.78, 5) is 82.7. The van der Waals surface area contributed by atoms with Gasteiger partial charge in [0.2, 0.25) is 0 Å². The van der Waals surface area contributed by atoms with E-state index in [0.717, 1.165) is 47.5 Å². The average molecular weight is 946 g/mol. The third kappa shape index (κ3) is 11.7. The van der Waals surface area contributed by atoms with Gasteiger partial charge in [-0.05, 0) is 61.5 Å². The molecule has 4 aromatic heterocycles. The molecular formula is C40H43N13O9S3. The molecule has 0 unspecified atom stereocenters. The number of H-pyrrole nitrogens is 1. The SMILES string of the molecule is CN(C)CCc1c[nH]c2ccc(Cn3cncn3)cc12.CO/N=C(\C(=O)N[C@@H]1C(=O)N2C(C(=O)O)=C(CSc3nc(=O)c(O)nn3C)CS[C@H]12)c1csc(N)n1.O=C(O)c1ccccc1. The van der Waals surface area contributed by atoms with Crippen LogP contribution in [0.4, 0.5) is 5.13 Å². The number of aryl methyl sites for hydroxylation is 1. The maximum atomic E-state index is 12.9. The highest BCUT2D eigenvalue weighted by Gasteiger charge is 2.54. The summed E-state index contributed by atoms with van der Waals surface area (Å²) in [5, 5.41) is 44.2. The number of aromatic carboxylic acids is 1. The fourth-order valence-electron chi connectivity index (χ4n) is 6.37. The Morgan fingerprint density at radius 2 is 1.88 bits per heavy atom. The van der Waals surface area contributed by atoms with Gasteiger partial charge in [-0.15, -0.1) is 28.2 Å². The first-order valence-corrected chi connectivity index (χ1v) is 22.2. The number of hydrogen-bond donors (Lipinski definition) is 6. The number of nitrogen functional groups attached to an aromatic ring is 1. The molecule has 2 aliphatic rings. The summed E-state index contributed by atoms with van der Waals surface area (Å²) in [5.41, 5.74) is 9.08. The number of anilines is 1. The summed E-state index contributed by atoms with van der Waals surface area (Å²) in [6.45, 7) is 1.81. The molecule has 8 rings (SSSR count). The summed E-state index contributed by atoms with van der Waals surface area (Å²) in [6, 6.07) is 13.8. The van der Waals surface area contributed by atoms with Gasteiger partial charge in [-0.3, -0.25) is 19.3 Å². The molecular weight excluding hydrogens is 903 g/mol. The summed E-state index contributed by atoms with van der Waals surface area (Å²) < 4.78 is 3.03. The molecule has 1 saturated heterocycles. The number of thiazole rings is 1. The van der Waals surface area contributed by atoms with E-state index in [1.807, 2.05) is 4.68 Å². The molecule has 6 aromatic rings. The molecule has 0 spiro atoms. The summed E-state index contributed by atoms with van der Waals surface area (Å²) in [5.74, 6) is -3.92. The Bertz CT molecular complexity index is 2790. The van der Waals surface area contributed by atoms with Gasteiger partial charge in [-0.25, -0.2) is 28.9 Å². The van der Waals surface area contributed by atoms with E-state index in [4.69, 9.17) is 15.7 Å². The first-order chi connectivity index (χ1) is 31.1. The molecule has 2 aliphatic heterocycles. The monoisotopic (exact) mass is 945 g/mol. The Hall–Kier alpha value is -7.09. The van der Waals surface area contributed by atoms with Crippen molar-refractivity contribution in [3.8, 4) is 5.88 Å². The minimum Gasteiger partial charge on any atom is -0.488 e. The minimum atomic E-state index is -1.31. The minimum absolute atomic E-state index is 0.102. The van der Waals surface area contributed by atoms with E-state index in [9.17, 15) is 34.2 Å². The summed E-state index contributed by atoms with van der Waals surface area (Å²) in [6.07, 6.45) is 6.48. The zero-order chi connectivity index (χ0) is 46.8. The van der Waals surface area contributed by atoms with E-state index in [1.54, 1.807) is 43.0 Å². The fourth-order valence-corrected chi connectivity index (χ4v) is 9.31. The first kappa shape index (κ1) is 47.4. The van der Waals surface area contributed by atoms with Crippen LogP contribution in [0, 0.1) is 0 Å². The van der Waals surface area contributed by atoms with Gasteiger partial charge >= 0.3 is 17.5 Å². The first-order valence-electron chi connectivity index (χ1n) is 19.3. The van der Waals surface area contributed by atoms with Crippen molar-refractivity contribution in [2.24, 2.45) is 12.2 Å². The number of amides is 2. The van der Waals surface area contributed by atoms with Gasteiger partial charge in [0.05, 0.1) is 12.1 Å². The van der Waals surface area contributed by atoms with E-state index in [-0.39, 0.29) is 38.9 Å². The number of nitrogens with one attached hydrogen (secondary N) is 2. The molecule has 65 heavy (non-hydrogen) atoms. The highest BCUT2D eigenvalue weighted by atomic mass is 32.2. The number of carbonyl (C=O) groups excluding carboxylic acids is 2. The van der Waals surface area contributed by atoms with Crippen molar-refractivity contribution in [3.05, 3.63) is 117 Å². The standard InChI is InChI=1S/C18H18N8O7S3.C15H19N5.C7H6O2/c1-25-18(22-12(28)13(29)23-25)36-4-6-3-34-15-9(14(30)26(15)10(6)16(31)32)21-11(27)8(24-33-2)7-5-35-17(19)20-7;1-19(2)6-5-13-8-17-15-4-3-12(7-14(13)15)9-20-11-16-10-18-20;8-7(9)6-4-2-1-3-5-6/h5,9,15H,3-4H2,1-2H3,(H2,19,20)(H,21,27)(H,23,29)(H,31,32);3-4,7-8,10-11,17H,5-6,9H2,1-2H3;1-5H,(H,8,9)/b24-8-;;/t9-,15-;;/m1../s1. The Morgan fingerprint density at radius 3 is 2.51 bits per heavy atom. The molecule has 22 nitrogen and oxygen atoms in total. The van der Waals surface area contributed by atoms with E-state index >= 15 is 0 Å². The maximum Gasteiger partial charge on any atom is 0.352 e. The van der Waals surface area contributed by atoms with Gasteiger partial charge in [-0.2, -0.15) is 10.1 Å². The number of carboxylic acid groups (broad SMARTS) is 2. The van der Waals surface area contributed by atoms with E-state index in [1.165, 1.54) is 58.0 Å². The lowest BCUT2D eigenvalue weighted by atomic mass is 10.0. The van der Waals surface area contributed by atoms with Gasteiger partial charge in [0.1, 0.15) is 42.6 Å². The number of aromatic hydroxyl groups is 1. The lowest BCUT2D eigenvalue weighted by molar-refractivity contribution is -0.150. The van der Waals surface area contributed by atoms with Crippen LogP contribution in [-0.2, 0) is 39.2 Å². The molecule has 7 N–H and O–H groups in total. The summed E-state index contributed by atoms with van der Waals surface area (Å²) >= 11 is 3.41. The number of aromatic amines is 1. The molecule has 0 saturated carbocycles. The zero-order valence-electron chi connectivity index (χ0n) is 35.2. The number of aliphatic carboxylic acids is 1. The number of carboxylic acids is 2. The number of benzene rings is 2. The van der Waals surface area contributed by atoms with E-state index in [0.29, 0.717) is 11.1 Å². The lowest BCUT2D eigenvalue weighted by Crippen LogP contribution is -2.71. The predicted molar refractivity (Wildman–Crippen MR) is 243 cm³/mol. The van der Waals surface area contributed by atoms with Gasteiger partial charge in [0, 0.05) is 47.6 Å². The van der Waals surface area contributed by atoms with Crippen LogP contribution in [0.2, 0.25) is 0 Å². The quantitative estimate of drug-likeness (QED) is 0.0394. The number of carbonyl (C=O) groups is 4. The lowest BCUT2D eigenvalue weighted by Gasteiger charge is -2.49. The number of aromatic nitrogens is 8. The number of hydrogen-bond acceptors (Lipinski definition) is 18. The Kier molecular flexibility index (Phi) is 15.7.